The Labute approximate surface area is 95.7 Å². The predicted molar refractivity (Wildman–Crippen MR) is 57.4 cm³/mol. The minimum atomic E-state index is -0.688. The first-order chi connectivity index (χ1) is 7.71. The average molecular weight is 232 g/mol. The van der Waals surface area contributed by atoms with E-state index in [-0.39, 0.29) is 0 Å². The van der Waals surface area contributed by atoms with E-state index in [9.17, 15) is 4.79 Å². The van der Waals surface area contributed by atoms with Gasteiger partial charge in [0.2, 0.25) is 0 Å². The molecule has 0 atom stereocenters. The number of ether oxygens (including phenoxy) is 3. The highest BCUT2D eigenvalue weighted by Crippen LogP contribution is 2.48. The van der Waals surface area contributed by atoms with Gasteiger partial charge < -0.3 is 19.3 Å². The van der Waals surface area contributed by atoms with E-state index in [0.29, 0.717) is 39.5 Å². The Morgan fingerprint density at radius 3 is 2.19 bits per heavy atom. The summed E-state index contributed by atoms with van der Waals surface area (Å²) >= 11 is 0. The molecule has 0 aromatic rings. The van der Waals surface area contributed by atoms with Gasteiger partial charge in [0.05, 0.1) is 31.8 Å². The van der Waals surface area contributed by atoms with Crippen LogP contribution in [0.15, 0.2) is 0 Å². The number of hydrogen-bond acceptors (Lipinski definition) is 4. The molecule has 1 fully saturated rings. The molecule has 0 bridgehead atoms. The SMILES string of the molecule is COCCOCCOCCC1(C(=O)O)CC1. The molecule has 0 aliphatic heterocycles. The lowest BCUT2D eigenvalue weighted by molar-refractivity contribution is -0.144. The molecule has 5 nitrogen and oxygen atoms in total. The van der Waals surface area contributed by atoms with Gasteiger partial charge in [-0.25, -0.2) is 0 Å². The van der Waals surface area contributed by atoms with Crippen molar-refractivity contribution in [3.63, 3.8) is 0 Å². The first kappa shape index (κ1) is 13.4. The normalized spacial score (nSPS) is 17.3. The van der Waals surface area contributed by atoms with E-state index < -0.39 is 11.4 Å². The average Bonchev–Trinajstić information content (AvgIpc) is 3.03. The third kappa shape index (κ3) is 4.47. The summed E-state index contributed by atoms with van der Waals surface area (Å²) in [6, 6.07) is 0. The van der Waals surface area contributed by atoms with Crippen molar-refractivity contribution in [2.24, 2.45) is 5.41 Å². The Hall–Kier alpha value is -0.650. The zero-order valence-corrected chi connectivity index (χ0v) is 9.74. The second kappa shape index (κ2) is 6.83. The fourth-order valence-corrected chi connectivity index (χ4v) is 1.45. The second-order valence-corrected chi connectivity index (χ2v) is 4.05. The molecule has 0 heterocycles. The van der Waals surface area contributed by atoms with Gasteiger partial charge in [-0.05, 0) is 19.3 Å². The summed E-state index contributed by atoms with van der Waals surface area (Å²) in [5.41, 5.74) is -0.475. The van der Waals surface area contributed by atoms with Crippen LogP contribution in [-0.4, -0.2) is 51.2 Å². The Morgan fingerprint density at radius 2 is 1.69 bits per heavy atom. The monoisotopic (exact) mass is 232 g/mol. The van der Waals surface area contributed by atoms with Crippen molar-refractivity contribution in [2.45, 2.75) is 19.3 Å². The summed E-state index contributed by atoms with van der Waals surface area (Å²) in [7, 11) is 1.63. The van der Waals surface area contributed by atoms with E-state index in [1.807, 2.05) is 0 Å². The van der Waals surface area contributed by atoms with Crippen molar-refractivity contribution < 1.29 is 24.1 Å². The van der Waals surface area contributed by atoms with Crippen LogP contribution in [-0.2, 0) is 19.0 Å². The molecule has 0 saturated heterocycles. The maximum Gasteiger partial charge on any atom is 0.309 e. The van der Waals surface area contributed by atoms with E-state index in [0.717, 1.165) is 12.8 Å². The van der Waals surface area contributed by atoms with Crippen LogP contribution in [0.1, 0.15) is 19.3 Å². The van der Waals surface area contributed by atoms with E-state index >= 15 is 0 Å². The van der Waals surface area contributed by atoms with Crippen molar-refractivity contribution in [1.82, 2.24) is 0 Å². The molecule has 1 aliphatic carbocycles. The molecule has 1 N–H and O–H groups in total. The van der Waals surface area contributed by atoms with Crippen molar-refractivity contribution in [1.29, 1.82) is 0 Å². The van der Waals surface area contributed by atoms with Crippen LogP contribution in [0, 0.1) is 5.41 Å². The number of hydrogen-bond donors (Lipinski definition) is 1. The molecule has 1 saturated carbocycles. The molecule has 1 rings (SSSR count). The highest BCUT2D eigenvalue weighted by atomic mass is 16.5. The molecule has 0 aromatic heterocycles. The summed E-state index contributed by atoms with van der Waals surface area (Å²) in [5.74, 6) is -0.688. The second-order valence-electron chi connectivity index (χ2n) is 4.05. The molecular weight excluding hydrogens is 212 g/mol. The van der Waals surface area contributed by atoms with Gasteiger partial charge in [-0.3, -0.25) is 4.79 Å². The number of carboxylic acids is 1. The summed E-state index contributed by atoms with van der Waals surface area (Å²) in [6.07, 6.45) is 2.19. The van der Waals surface area contributed by atoms with E-state index in [2.05, 4.69) is 0 Å². The van der Waals surface area contributed by atoms with Gasteiger partial charge in [0.15, 0.2) is 0 Å². The largest absolute Gasteiger partial charge is 0.481 e. The van der Waals surface area contributed by atoms with Gasteiger partial charge in [-0.15, -0.1) is 0 Å². The first-order valence-corrected chi connectivity index (χ1v) is 5.59. The van der Waals surface area contributed by atoms with Crippen LogP contribution >= 0.6 is 0 Å². The van der Waals surface area contributed by atoms with Gasteiger partial charge in [0.1, 0.15) is 0 Å². The van der Waals surface area contributed by atoms with Gasteiger partial charge in [0.25, 0.3) is 0 Å². The van der Waals surface area contributed by atoms with Crippen molar-refractivity contribution in [3.8, 4) is 0 Å². The molecule has 0 amide bonds. The van der Waals surface area contributed by atoms with Crippen molar-refractivity contribution >= 4 is 5.97 Å². The third-order valence-electron chi connectivity index (χ3n) is 2.84. The molecule has 0 unspecified atom stereocenters. The number of rotatable bonds is 10. The number of aliphatic carboxylic acids is 1. The Balaban J connectivity index is 1.87. The fraction of sp³-hybridized carbons (Fsp3) is 0.909. The lowest BCUT2D eigenvalue weighted by Gasteiger charge is -2.09. The zero-order chi connectivity index (χ0) is 11.9. The minimum Gasteiger partial charge on any atom is -0.481 e. The van der Waals surface area contributed by atoms with Crippen molar-refractivity contribution in [3.05, 3.63) is 0 Å². The van der Waals surface area contributed by atoms with Crippen LogP contribution in [0.5, 0.6) is 0 Å². The Bertz CT molecular complexity index is 212. The summed E-state index contributed by atoms with van der Waals surface area (Å²) in [4.78, 5) is 10.8. The van der Waals surface area contributed by atoms with Gasteiger partial charge in [0, 0.05) is 13.7 Å². The summed E-state index contributed by atoms with van der Waals surface area (Å²) in [6.45, 7) is 2.70. The van der Waals surface area contributed by atoms with Crippen LogP contribution < -0.4 is 0 Å². The molecule has 94 valence electrons. The maximum absolute atomic E-state index is 10.8. The molecule has 1 aliphatic rings. The number of carbonyl (C=O) groups is 1. The number of methoxy groups -OCH3 is 1. The Morgan fingerprint density at radius 1 is 1.12 bits per heavy atom. The fourth-order valence-electron chi connectivity index (χ4n) is 1.45. The molecular formula is C11H20O5. The minimum absolute atomic E-state index is 0.475. The first-order valence-electron chi connectivity index (χ1n) is 5.59. The van der Waals surface area contributed by atoms with Gasteiger partial charge in [-0.1, -0.05) is 0 Å². The molecule has 16 heavy (non-hydrogen) atoms. The molecule has 0 spiro atoms. The van der Waals surface area contributed by atoms with Crippen LogP contribution in [0.4, 0.5) is 0 Å². The van der Waals surface area contributed by atoms with E-state index in [1.54, 1.807) is 7.11 Å². The van der Waals surface area contributed by atoms with E-state index in [4.69, 9.17) is 19.3 Å². The topological polar surface area (TPSA) is 65.0 Å². The highest BCUT2D eigenvalue weighted by Gasteiger charge is 2.49. The molecule has 0 aromatic carbocycles. The summed E-state index contributed by atoms with van der Waals surface area (Å²) in [5, 5.41) is 8.91. The quantitative estimate of drug-likeness (QED) is 0.567. The standard InChI is InChI=1S/C11H20O5/c1-14-6-7-16-9-8-15-5-4-11(2-3-11)10(12)13/h2-9H2,1H3,(H,12,13). The smallest absolute Gasteiger partial charge is 0.309 e. The molecule has 0 radical (unpaired) electrons. The predicted octanol–water partition coefficient (Wildman–Crippen LogP) is 0.921. The lowest BCUT2D eigenvalue weighted by atomic mass is 10.0. The highest BCUT2D eigenvalue weighted by molar-refractivity contribution is 5.77. The molecule has 5 heteroatoms. The summed E-state index contributed by atoms with van der Waals surface area (Å²) < 4.78 is 15.3. The van der Waals surface area contributed by atoms with Crippen molar-refractivity contribution in [2.75, 3.05) is 40.1 Å². The maximum atomic E-state index is 10.8. The number of carboxylic acid groups (broad SMARTS) is 1. The van der Waals surface area contributed by atoms with Crippen LogP contribution in [0.25, 0.3) is 0 Å². The van der Waals surface area contributed by atoms with Crippen LogP contribution in [0.2, 0.25) is 0 Å². The van der Waals surface area contributed by atoms with Gasteiger partial charge >= 0.3 is 5.97 Å². The van der Waals surface area contributed by atoms with Gasteiger partial charge in [-0.2, -0.15) is 0 Å². The van der Waals surface area contributed by atoms with Crippen LogP contribution in [0.3, 0.4) is 0 Å². The third-order valence-corrected chi connectivity index (χ3v) is 2.84. The lowest BCUT2D eigenvalue weighted by Crippen LogP contribution is -2.18. The van der Waals surface area contributed by atoms with E-state index in [1.165, 1.54) is 0 Å². The zero-order valence-electron chi connectivity index (χ0n) is 9.74. The Kier molecular flexibility index (Phi) is 5.73.